The molecule has 152 valence electrons. The van der Waals surface area contributed by atoms with Crippen molar-refractivity contribution in [2.75, 3.05) is 27.3 Å². The maximum absolute atomic E-state index is 13.1. The number of imide groups is 1. The fourth-order valence-corrected chi connectivity index (χ4v) is 3.34. The Hall–Kier alpha value is -3.06. The number of carbonyl (C=O) groups is 3. The van der Waals surface area contributed by atoms with E-state index in [1.165, 1.54) is 34.1 Å². The number of nitrogens with zero attached hydrogens (tertiary/aromatic N) is 2. The monoisotopic (exact) mass is 398 g/mol. The summed E-state index contributed by atoms with van der Waals surface area (Å²) in [5.41, 5.74) is 1.65. The third-order valence-corrected chi connectivity index (χ3v) is 5.20. The quantitative estimate of drug-likeness (QED) is 0.530. The van der Waals surface area contributed by atoms with Gasteiger partial charge >= 0.3 is 0 Å². The number of benzene rings is 2. The number of amides is 3. The summed E-state index contributed by atoms with van der Waals surface area (Å²) in [6.07, 6.45) is 0.547. The Morgan fingerprint density at radius 2 is 1.76 bits per heavy atom. The third kappa shape index (κ3) is 4.05. The van der Waals surface area contributed by atoms with Crippen LogP contribution in [0.2, 0.25) is 0 Å². The lowest BCUT2D eigenvalue weighted by atomic mass is 10.0. The highest BCUT2D eigenvalue weighted by atomic mass is 19.1. The van der Waals surface area contributed by atoms with E-state index in [4.69, 9.17) is 4.74 Å². The summed E-state index contributed by atoms with van der Waals surface area (Å²) >= 11 is 0. The SMILES string of the molecule is COCCCN1C(=O)c2ccc(C(=O)N(C)[C@H](C)c3ccc(F)cc3)cc2C1=O. The van der Waals surface area contributed by atoms with Crippen LogP contribution in [0.25, 0.3) is 0 Å². The normalized spacial score (nSPS) is 14.1. The summed E-state index contributed by atoms with van der Waals surface area (Å²) in [6, 6.07) is 10.2. The number of halogens is 1. The van der Waals surface area contributed by atoms with Gasteiger partial charge in [0.2, 0.25) is 0 Å². The van der Waals surface area contributed by atoms with Gasteiger partial charge in [0, 0.05) is 32.9 Å². The highest BCUT2D eigenvalue weighted by molar-refractivity contribution is 6.22. The van der Waals surface area contributed by atoms with Crippen molar-refractivity contribution in [3.8, 4) is 0 Å². The minimum absolute atomic E-state index is 0.237. The number of carbonyl (C=O) groups excluding carboxylic acids is 3. The number of fused-ring (bicyclic) bond motifs is 1. The van der Waals surface area contributed by atoms with E-state index >= 15 is 0 Å². The van der Waals surface area contributed by atoms with Crippen LogP contribution in [-0.2, 0) is 4.74 Å². The van der Waals surface area contributed by atoms with Crippen LogP contribution in [0.4, 0.5) is 4.39 Å². The molecule has 0 aliphatic carbocycles. The molecular formula is C22H23FN2O4. The Balaban J connectivity index is 1.79. The van der Waals surface area contributed by atoms with Crippen LogP contribution < -0.4 is 0 Å². The molecule has 1 heterocycles. The fourth-order valence-electron chi connectivity index (χ4n) is 3.34. The van der Waals surface area contributed by atoms with Gasteiger partial charge in [0.25, 0.3) is 17.7 Å². The predicted octanol–water partition coefficient (Wildman–Crippen LogP) is 3.29. The zero-order valence-electron chi connectivity index (χ0n) is 16.6. The molecule has 29 heavy (non-hydrogen) atoms. The molecule has 0 N–H and O–H groups in total. The van der Waals surface area contributed by atoms with Gasteiger partial charge in [-0.25, -0.2) is 4.39 Å². The third-order valence-electron chi connectivity index (χ3n) is 5.20. The molecule has 3 amide bonds. The molecule has 1 aliphatic rings. The first-order valence-corrected chi connectivity index (χ1v) is 9.37. The van der Waals surface area contributed by atoms with E-state index in [1.54, 1.807) is 32.4 Å². The molecule has 0 unspecified atom stereocenters. The molecule has 0 radical (unpaired) electrons. The van der Waals surface area contributed by atoms with Crippen LogP contribution in [0.3, 0.4) is 0 Å². The molecule has 7 heteroatoms. The molecule has 3 rings (SSSR count). The number of methoxy groups -OCH3 is 1. The van der Waals surface area contributed by atoms with E-state index in [9.17, 15) is 18.8 Å². The Morgan fingerprint density at radius 1 is 1.10 bits per heavy atom. The van der Waals surface area contributed by atoms with Gasteiger partial charge in [-0.15, -0.1) is 0 Å². The van der Waals surface area contributed by atoms with E-state index in [-0.39, 0.29) is 35.8 Å². The fraction of sp³-hybridized carbons (Fsp3) is 0.318. The lowest BCUT2D eigenvalue weighted by Gasteiger charge is -2.25. The van der Waals surface area contributed by atoms with Gasteiger partial charge in [-0.05, 0) is 49.2 Å². The Bertz CT molecular complexity index is 942. The van der Waals surface area contributed by atoms with E-state index in [2.05, 4.69) is 0 Å². The number of ether oxygens (including phenoxy) is 1. The number of rotatable bonds is 7. The molecule has 0 fully saturated rings. The first kappa shape index (κ1) is 20.7. The minimum atomic E-state index is -0.398. The van der Waals surface area contributed by atoms with Crippen LogP contribution in [-0.4, -0.2) is 54.8 Å². The smallest absolute Gasteiger partial charge is 0.261 e. The molecule has 6 nitrogen and oxygen atoms in total. The Kier molecular flexibility index (Phi) is 6.08. The molecule has 0 bridgehead atoms. The van der Waals surface area contributed by atoms with Crippen molar-refractivity contribution in [2.24, 2.45) is 0 Å². The average molecular weight is 398 g/mol. The predicted molar refractivity (Wildman–Crippen MR) is 105 cm³/mol. The maximum atomic E-state index is 13.1. The maximum Gasteiger partial charge on any atom is 0.261 e. The first-order chi connectivity index (χ1) is 13.8. The van der Waals surface area contributed by atoms with Crippen molar-refractivity contribution < 1.29 is 23.5 Å². The number of hydrogen-bond donors (Lipinski definition) is 0. The lowest BCUT2D eigenvalue weighted by molar-refractivity contribution is 0.0638. The Morgan fingerprint density at radius 3 is 2.41 bits per heavy atom. The zero-order chi connectivity index (χ0) is 21.1. The van der Waals surface area contributed by atoms with Crippen LogP contribution in [0.1, 0.15) is 56.0 Å². The molecule has 0 spiro atoms. The summed E-state index contributed by atoms with van der Waals surface area (Å²) in [7, 11) is 3.21. The molecule has 0 saturated carbocycles. The molecule has 1 atom stereocenters. The van der Waals surface area contributed by atoms with Crippen LogP contribution >= 0.6 is 0 Å². The lowest BCUT2D eigenvalue weighted by Crippen LogP contribution is -2.31. The summed E-state index contributed by atoms with van der Waals surface area (Å²) in [6.45, 7) is 2.55. The topological polar surface area (TPSA) is 66.9 Å². The van der Waals surface area contributed by atoms with Crippen LogP contribution in [0, 0.1) is 5.82 Å². The highest BCUT2D eigenvalue weighted by Crippen LogP contribution is 2.26. The van der Waals surface area contributed by atoms with Gasteiger partial charge in [-0.2, -0.15) is 0 Å². The highest BCUT2D eigenvalue weighted by Gasteiger charge is 2.36. The zero-order valence-corrected chi connectivity index (χ0v) is 16.6. The summed E-state index contributed by atoms with van der Waals surface area (Å²) in [5.74, 6) is -1.38. The van der Waals surface area contributed by atoms with E-state index in [0.717, 1.165) is 5.56 Å². The standard InChI is InChI=1S/C22H23FN2O4/c1-14(15-5-8-17(23)9-6-15)24(2)20(26)16-7-10-18-19(13-16)22(28)25(21(18)27)11-4-12-29-3/h5-10,13-14H,4,11-12H2,1-3H3/t14-/m1/s1. The second-order valence-electron chi connectivity index (χ2n) is 7.01. The van der Waals surface area contributed by atoms with Crippen molar-refractivity contribution in [1.29, 1.82) is 0 Å². The van der Waals surface area contributed by atoms with E-state index in [1.807, 2.05) is 6.92 Å². The van der Waals surface area contributed by atoms with Crippen LogP contribution in [0.15, 0.2) is 42.5 Å². The second-order valence-corrected chi connectivity index (χ2v) is 7.01. The van der Waals surface area contributed by atoms with Gasteiger partial charge in [0.1, 0.15) is 5.82 Å². The van der Waals surface area contributed by atoms with E-state index in [0.29, 0.717) is 24.2 Å². The van der Waals surface area contributed by atoms with Gasteiger partial charge in [-0.3, -0.25) is 19.3 Å². The average Bonchev–Trinajstić information content (AvgIpc) is 2.97. The summed E-state index contributed by atoms with van der Waals surface area (Å²) in [5, 5.41) is 0. The van der Waals surface area contributed by atoms with Gasteiger partial charge in [-0.1, -0.05) is 12.1 Å². The van der Waals surface area contributed by atoms with Gasteiger partial charge in [0.05, 0.1) is 17.2 Å². The number of hydrogen-bond acceptors (Lipinski definition) is 4. The molecule has 2 aromatic carbocycles. The molecule has 0 saturated heterocycles. The molecular weight excluding hydrogens is 375 g/mol. The van der Waals surface area contributed by atoms with Crippen molar-refractivity contribution >= 4 is 17.7 Å². The van der Waals surface area contributed by atoms with Crippen molar-refractivity contribution in [1.82, 2.24) is 9.80 Å². The van der Waals surface area contributed by atoms with Crippen molar-refractivity contribution in [2.45, 2.75) is 19.4 Å². The largest absolute Gasteiger partial charge is 0.385 e. The Labute approximate surface area is 168 Å². The molecule has 1 aliphatic heterocycles. The summed E-state index contributed by atoms with van der Waals surface area (Å²) in [4.78, 5) is 40.7. The van der Waals surface area contributed by atoms with Gasteiger partial charge in [0.15, 0.2) is 0 Å². The first-order valence-electron chi connectivity index (χ1n) is 9.37. The minimum Gasteiger partial charge on any atom is -0.385 e. The molecule has 0 aromatic heterocycles. The van der Waals surface area contributed by atoms with E-state index < -0.39 is 5.91 Å². The molecule has 2 aromatic rings. The van der Waals surface area contributed by atoms with Crippen LogP contribution in [0.5, 0.6) is 0 Å². The van der Waals surface area contributed by atoms with Crippen molar-refractivity contribution in [3.63, 3.8) is 0 Å². The van der Waals surface area contributed by atoms with Gasteiger partial charge < -0.3 is 9.64 Å². The second kappa shape index (κ2) is 8.53. The van der Waals surface area contributed by atoms with Crippen molar-refractivity contribution in [3.05, 3.63) is 70.5 Å². The summed E-state index contributed by atoms with van der Waals surface area (Å²) < 4.78 is 18.1.